The predicted molar refractivity (Wildman–Crippen MR) is 74.5 cm³/mol. The summed E-state index contributed by atoms with van der Waals surface area (Å²) >= 11 is 15.6. The molecule has 0 spiro atoms. The molecule has 1 aliphatic heterocycles. The quantitative estimate of drug-likeness (QED) is 0.754. The summed E-state index contributed by atoms with van der Waals surface area (Å²) < 4.78 is 23.6. The second-order valence-electron chi connectivity index (χ2n) is 4.24. The minimum atomic E-state index is -2.89. The summed E-state index contributed by atoms with van der Waals surface area (Å²) in [6.07, 6.45) is 0.636. The van der Waals surface area contributed by atoms with E-state index < -0.39 is 9.84 Å². The predicted octanol–water partition coefficient (Wildman–Crippen LogP) is 3.82. The summed E-state index contributed by atoms with van der Waals surface area (Å²) in [6, 6.07) is 5.46. The molecule has 0 bridgehead atoms. The highest BCUT2D eigenvalue weighted by Gasteiger charge is 2.33. The molecule has 0 N–H and O–H groups in total. The third-order valence-electron chi connectivity index (χ3n) is 2.94. The molecular weight excluding hydrogens is 347 g/mol. The molecule has 1 aromatic carbocycles. The van der Waals surface area contributed by atoms with Crippen molar-refractivity contribution in [3.63, 3.8) is 0 Å². The van der Waals surface area contributed by atoms with Gasteiger partial charge in [-0.25, -0.2) is 8.42 Å². The third-order valence-corrected chi connectivity index (χ3v) is 6.56. The van der Waals surface area contributed by atoms with Crippen LogP contribution in [0, 0.1) is 5.92 Å². The summed E-state index contributed by atoms with van der Waals surface area (Å²) in [6.45, 7) is 0. The Kier molecular flexibility index (Phi) is 4.08. The van der Waals surface area contributed by atoms with Crippen LogP contribution in [0.4, 0.5) is 0 Å². The Hall–Kier alpha value is 0.230. The zero-order valence-corrected chi connectivity index (χ0v) is 12.8. The molecule has 1 aliphatic rings. The van der Waals surface area contributed by atoms with Gasteiger partial charge in [-0.1, -0.05) is 17.7 Å². The lowest BCUT2D eigenvalue weighted by molar-refractivity contribution is 0.569. The van der Waals surface area contributed by atoms with E-state index in [0.29, 0.717) is 11.4 Å². The van der Waals surface area contributed by atoms with E-state index >= 15 is 0 Å². The number of alkyl halides is 1. The minimum absolute atomic E-state index is 0.00487. The number of rotatable bonds is 2. The smallest absolute Gasteiger partial charge is 0.150 e. The molecule has 0 aliphatic carbocycles. The molecule has 0 saturated carbocycles. The lowest BCUT2D eigenvalue weighted by Gasteiger charge is -2.16. The highest BCUT2D eigenvalue weighted by Crippen LogP contribution is 2.38. The molecule has 1 aromatic rings. The highest BCUT2D eigenvalue weighted by molar-refractivity contribution is 9.10. The minimum Gasteiger partial charge on any atom is -0.229 e. The van der Waals surface area contributed by atoms with Gasteiger partial charge in [0.2, 0.25) is 0 Å². The van der Waals surface area contributed by atoms with Gasteiger partial charge in [-0.3, -0.25) is 0 Å². The van der Waals surface area contributed by atoms with E-state index in [4.69, 9.17) is 23.2 Å². The fraction of sp³-hybridized carbons (Fsp3) is 0.455. The van der Waals surface area contributed by atoms with Crippen molar-refractivity contribution in [1.82, 2.24) is 0 Å². The first-order valence-electron chi connectivity index (χ1n) is 5.18. The second kappa shape index (κ2) is 5.08. The third kappa shape index (κ3) is 3.16. The Morgan fingerprint density at radius 1 is 1.41 bits per heavy atom. The molecule has 17 heavy (non-hydrogen) atoms. The van der Waals surface area contributed by atoms with E-state index in [1.807, 2.05) is 12.1 Å². The van der Waals surface area contributed by atoms with Gasteiger partial charge in [-0.2, -0.15) is 0 Å². The molecule has 2 atom stereocenters. The second-order valence-corrected chi connectivity index (χ2v) is 8.20. The Morgan fingerprint density at radius 3 is 2.65 bits per heavy atom. The van der Waals surface area contributed by atoms with Crippen molar-refractivity contribution < 1.29 is 8.42 Å². The van der Waals surface area contributed by atoms with Gasteiger partial charge in [0.05, 0.1) is 21.9 Å². The lowest BCUT2D eigenvalue weighted by Crippen LogP contribution is -2.10. The van der Waals surface area contributed by atoms with E-state index in [-0.39, 0.29) is 22.8 Å². The van der Waals surface area contributed by atoms with Crippen molar-refractivity contribution in [2.24, 2.45) is 5.92 Å². The molecular formula is C11H11BrCl2O2S. The average Bonchev–Trinajstić information content (AvgIpc) is 2.62. The van der Waals surface area contributed by atoms with Gasteiger partial charge < -0.3 is 0 Å². The molecule has 0 amide bonds. The average molecular weight is 358 g/mol. The van der Waals surface area contributed by atoms with Gasteiger partial charge in [0.25, 0.3) is 0 Å². The Balaban J connectivity index is 2.20. The Morgan fingerprint density at radius 2 is 2.12 bits per heavy atom. The Bertz CT molecular complexity index is 530. The summed E-state index contributed by atoms with van der Waals surface area (Å²) in [5.41, 5.74) is 0.907. The number of hydrogen-bond acceptors (Lipinski definition) is 2. The van der Waals surface area contributed by atoms with Gasteiger partial charge in [0, 0.05) is 4.47 Å². The normalized spacial score (nSPS) is 24.8. The fourth-order valence-corrected chi connectivity index (χ4v) is 4.82. The standard InChI is InChI=1S/C11H11BrCl2O2S/c12-9-5-7(1-2-10(9)13)11(14)8-3-4-17(15,16)6-8/h1-2,5,8,11H,3-4,6H2. The summed E-state index contributed by atoms with van der Waals surface area (Å²) in [4.78, 5) is 0. The first-order chi connectivity index (χ1) is 7.89. The first-order valence-corrected chi connectivity index (χ1v) is 8.61. The van der Waals surface area contributed by atoms with Crippen molar-refractivity contribution in [3.05, 3.63) is 33.3 Å². The fourth-order valence-electron chi connectivity index (χ4n) is 2.01. The maximum absolute atomic E-state index is 11.4. The van der Waals surface area contributed by atoms with E-state index in [1.165, 1.54) is 0 Å². The summed E-state index contributed by atoms with van der Waals surface area (Å²) in [7, 11) is -2.89. The van der Waals surface area contributed by atoms with E-state index in [0.717, 1.165) is 10.0 Å². The van der Waals surface area contributed by atoms with Crippen LogP contribution in [0.2, 0.25) is 5.02 Å². The first kappa shape index (κ1) is 13.7. The van der Waals surface area contributed by atoms with Gasteiger partial charge in [-0.05, 0) is 46.0 Å². The number of halogens is 3. The van der Waals surface area contributed by atoms with Crippen LogP contribution in [-0.2, 0) is 9.84 Å². The van der Waals surface area contributed by atoms with Crippen molar-refractivity contribution in [3.8, 4) is 0 Å². The van der Waals surface area contributed by atoms with E-state index in [9.17, 15) is 8.42 Å². The monoisotopic (exact) mass is 356 g/mol. The zero-order chi connectivity index (χ0) is 12.6. The van der Waals surface area contributed by atoms with Gasteiger partial charge in [-0.15, -0.1) is 11.6 Å². The van der Waals surface area contributed by atoms with Crippen LogP contribution < -0.4 is 0 Å². The number of hydrogen-bond donors (Lipinski definition) is 0. The molecule has 6 heteroatoms. The van der Waals surface area contributed by atoms with Crippen molar-refractivity contribution in [2.75, 3.05) is 11.5 Å². The van der Waals surface area contributed by atoms with Crippen molar-refractivity contribution in [2.45, 2.75) is 11.8 Å². The Labute approximate surface area is 119 Å². The van der Waals surface area contributed by atoms with E-state index in [2.05, 4.69) is 15.9 Å². The highest BCUT2D eigenvalue weighted by atomic mass is 79.9. The number of benzene rings is 1. The summed E-state index contributed by atoms with van der Waals surface area (Å²) in [5, 5.41) is 0.345. The van der Waals surface area contributed by atoms with Crippen LogP contribution in [0.3, 0.4) is 0 Å². The number of sulfone groups is 1. The maximum Gasteiger partial charge on any atom is 0.150 e. The van der Waals surface area contributed by atoms with Crippen LogP contribution in [0.15, 0.2) is 22.7 Å². The topological polar surface area (TPSA) is 34.1 Å². The van der Waals surface area contributed by atoms with Crippen LogP contribution >= 0.6 is 39.1 Å². The molecule has 2 unspecified atom stereocenters. The molecule has 2 nitrogen and oxygen atoms in total. The van der Waals surface area contributed by atoms with Crippen LogP contribution in [0.25, 0.3) is 0 Å². The van der Waals surface area contributed by atoms with Gasteiger partial charge in [0.1, 0.15) is 0 Å². The molecule has 0 radical (unpaired) electrons. The van der Waals surface area contributed by atoms with Crippen LogP contribution in [0.1, 0.15) is 17.4 Å². The SMILES string of the molecule is O=S1(=O)CCC(C(Cl)c2ccc(Cl)c(Br)c2)C1. The molecule has 1 heterocycles. The largest absolute Gasteiger partial charge is 0.229 e. The lowest BCUT2D eigenvalue weighted by atomic mass is 9.98. The molecule has 1 saturated heterocycles. The van der Waals surface area contributed by atoms with Crippen LogP contribution in [0.5, 0.6) is 0 Å². The maximum atomic E-state index is 11.4. The van der Waals surface area contributed by atoms with Gasteiger partial charge in [0.15, 0.2) is 9.84 Å². The van der Waals surface area contributed by atoms with Gasteiger partial charge >= 0.3 is 0 Å². The van der Waals surface area contributed by atoms with E-state index in [1.54, 1.807) is 6.07 Å². The van der Waals surface area contributed by atoms with Crippen LogP contribution in [-0.4, -0.2) is 19.9 Å². The summed E-state index contributed by atoms with van der Waals surface area (Å²) in [5.74, 6) is 0.423. The zero-order valence-electron chi connectivity index (χ0n) is 8.87. The van der Waals surface area contributed by atoms with Crippen molar-refractivity contribution in [1.29, 1.82) is 0 Å². The molecule has 1 fully saturated rings. The molecule has 94 valence electrons. The molecule has 2 rings (SSSR count). The van der Waals surface area contributed by atoms with Crippen molar-refractivity contribution >= 4 is 49.0 Å². The molecule has 0 aromatic heterocycles.